The van der Waals surface area contributed by atoms with Crippen LogP contribution >= 0.6 is 0 Å². The SMILES string of the molecule is C1=Cc2c(c3ccc4c5ccccc5n(-c5cccc(-c6ccccc6)c5)c4c3n2C2C=CCC(c3ccccc3)C2)CC1. The molecule has 0 saturated heterocycles. The molecule has 0 radical (unpaired) electrons. The predicted molar refractivity (Wildman–Crippen MR) is 186 cm³/mol. The first kappa shape index (κ1) is 25.4. The summed E-state index contributed by atoms with van der Waals surface area (Å²) in [5, 5.41) is 4.02. The molecule has 9 rings (SSSR count). The molecular weight excluding hydrogens is 532 g/mol. The Kier molecular flexibility index (Phi) is 5.94. The molecule has 2 aliphatic carbocycles. The summed E-state index contributed by atoms with van der Waals surface area (Å²) in [6, 6.07) is 44.9. The van der Waals surface area contributed by atoms with Crippen molar-refractivity contribution in [3.8, 4) is 16.8 Å². The number of hydrogen-bond donors (Lipinski definition) is 0. The number of hydrogen-bond acceptors (Lipinski definition) is 0. The molecule has 44 heavy (non-hydrogen) atoms. The number of aromatic nitrogens is 2. The Hall–Kier alpha value is -5.08. The molecule has 0 bridgehead atoms. The van der Waals surface area contributed by atoms with Crippen molar-refractivity contribution in [2.75, 3.05) is 0 Å². The Labute approximate surface area is 258 Å². The van der Waals surface area contributed by atoms with Gasteiger partial charge < -0.3 is 9.13 Å². The first-order valence-electron chi connectivity index (χ1n) is 16.0. The van der Waals surface area contributed by atoms with Crippen molar-refractivity contribution >= 4 is 38.8 Å². The summed E-state index contributed by atoms with van der Waals surface area (Å²) < 4.78 is 5.23. The van der Waals surface area contributed by atoms with Crippen LogP contribution in [-0.4, -0.2) is 9.13 Å². The predicted octanol–water partition coefficient (Wildman–Crippen LogP) is 11.0. The molecule has 2 nitrogen and oxygen atoms in total. The van der Waals surface area contributed by atoms with Crippen molar-refractivity contribution in [1.29, 1.82) is 0 Å². The molecule has 0 amide bonds. The van der Waals surface area contributed by atoms with Gasteiger partial charge in [0.15, 0.2) is 0 Å². The van der Waals surface area contributed by atoms with Gasteiger partial charge in [-0.15, -0.1) is 0 Å². The highest BCUT2D eigenvalue weighted by atomic mass is 15.1. The average Bonchev–Trinajstić information content (AvgIpc) is 3.62. The first-order valence-corrected chi connectivity index (χ1v) is 16.0. The van der Waals surface area contributed by atoms with Gasteiger partial charge in [-0.25, -0.2) is 0 Å². The van der Waals surface area contributed by atoms with Crippen LogP contribution in [0, 0.1) is 0 Å². The van der Waals surface area contributed by atoms with Crippen LogP contribution in [0.25, 0.3) is 55.6 Å². The standard InChI is InChI=1S/C42H34N2/c1-3-13-29(14-4-1)31-17-11-19-33(27-31)43-39-23-9-7-21-35(39)37-25-26-38-36-22-8-10-24-40(36)44(42(38)41(37)43)34-20-12-18-32(28-34)30-15-5-2-6-16-30/h1-7,9-17,19-21,23-27,32,34H,8,18,22,28H2. The number of fused-ring (bicyclic) bond motifs is 7. The molecule has 5 aromatic carbocycles. The molecule has 7 aromatic rings. The maximum absolute atomic E-state index is 2.70. The minimum absolute atomic E-state index is 0.288. The van der Waals surface area contributed by atoms with E-state index in [2.05, 4.69) is 155 Å². The number of nitrogens with zero attached hydrogens (tertiary/aromatic N) is 2. The van der Waals surface area contributed by atoms with Crippen LogP contribution in [0.15, 0.2) is 140 Å². The zero-order chi connectivity index (χ0) is 29.0. The van der Waals surface area contributed by atoms with Gasteiger partial charge in [0, 0.05) is 27.5 Å². The minimum Gasteiger partial charge on any atom is -0.332 e. The highest BCUT2D eigenvalue weighted by Crippen LogP contribution is 2.45. The first-order chi connectivity index (χ1) is 21.8. The lowest BCUT2D eigenvalue weighted by atomic mass is 9.85. The Bertz CT molecular complexity index is 2230. The summed E-state index contributed by atoms with van der Waals surface area (Å²) in [6.07, 6.45) is 14.1. The van der Waals surface area contributed by atoms with E-state index in [1.165, 1.54) is 66.3 Å². The van der Waals surface area contributed by atoms with E-state index in [0.29, 0.717) is 5.92 Å². The zero-order valence-electron chi connectivity index (χ0n) is 24.7. The molecule has 2 heteroatoms. The smallest absolute Gasteiger partial charge is 0.0785 e. The van der Waals surface area contributed by atoms with Gasteiger partial charge in [0.1, 0.15) is 0 Å². The lowest BCUT2D eigenvalue weighted by Crippen LogP contribution is -2.16. The number of aryl methyl sites for hydroxylation is 1. The maximum Gasteiger partial charge on any atom is 0.0785 e. The molecule has 0 spiro atoms. The molecule has 2 aromatic heterocycles. The Balaban J connectivity index is 1.35. The van der Waals surface area contributed by atoms with E-state index in [1.807, 2.05) is 0 Å². The van der Waals surface area contributed by atoms with E-state index in [0.717, 1.165) is 25.7 Å². The lowest BCUT2D eigenvalue weighted by molar-refractivity contribution is 0.477. The van der Waals surface area contributed by atoms with Gasteiger partial charge in [-0.3, -0.25) is 0 Å². The summed E-state index contributed by atoms with van der Waals surface area (Å²) in [5.41, 5.74) is 11.9. The van der Waals surface area contributed by atoms with Crippen LogP contribution < -0.4 is 0 Å². The average molecular weight is 567 g/mol. The zero-order valence-corrected chi connectivity index (χ0v) is 24.7. The molecule has 2 unspecified atom stereocenters. The van der Waals surface area contributed by atoms with E-state index in [4.69, 9.17) is 0 Å². The molecular formula is C42H34N2. The van der Waals surface area contributed by atoms with E-state index >= 15 is 0 Å². The molecule has 0 fully saturated rings. The summed E-state index contributed by atoms with van der Waals surface area (Å²) in [4.78, 5) is 0. The fraction of sp³-hybridized carbons (Fsp3) is 0.143. The van der Waals surface area contributed by atoms with Crippen LogP contribution in [0.3, 0.4) is 0 Å². The van der Waals surface area contributed by atoms with Gasteiger partial charge in [-0.2, -0.15) is 0 Å². The molecule has 2 heterocycles. The van der Waals surface area contributed by atoms with Crippen LogP contribution in [0.5, 0.6) is 0 Å². The number of benzene rings is 5. The van der Waals surface area contributed by atoms with Gasteiger partial charge in [0.05, 0.1) is 22.6 Å². The van der Waals surface area contributed by atoms with Crippen LogP contribution in [0.4, 0.5) is 0 Å². The maximum atomic E-state index is 2.70. The third-order valence-electron chi connectivity index (χ3n) is 9.90. The number of allylic oxidation sites excluding steroid dienone is 3. The number of para-hydroxylation sites is 1. The van der Waals surface area contributed by atoms with Gasteiger partial charge in [-0.1, -0.05) is 121 Å². The van der Waals surface area contributed by atoms with Crippen molar-refractivity contribution in [2.45, 2.75) is 37.6 Å². The topological polar surface area (TPSA) is 9.86 Å². The second kappa shape index (κ2) is 10.3. The molecule has 2 atom stereocenters. The van der Waals surface area contributed by atoms with Crippen molar-refractivity contribution in [1.82, 2.24) is 9.13 Å². The second-order valence-corrected chi connectivity index (χ2v) is 12.4. The van der Waals surface area contributed by atoms with E-state index in [-0.39, 0.29) is 6.04 Å². The quantitative estimate of drug-likeness (QED) is 0.188. The van der Waals surface area contributed by atoms with Crippen molar-refractivity contribution in [2.24, 2.45) is 0 Å². The molecule has 0 N–H and O–H groups in total. The van der Waals surface area contributed by atoms with E-state index < -0.39 is 0 Å². The lowest BCUT2D eigenvalue weighted by Gasteiger charge is -2.29. The van der Waals surface area contributed by atoms with Crippen LogP contribution in [-0.2, 0) is 6.42 Å². The monoisotopic (exact) mass is 566 g/mol. The Morgan fingerprint density at radius 3 is 2.27 bits per heavy atom. The van der Waals surface area contributed by atoms with Gasteiger partial charge in [0.25, 0.3) is 0 Å². The summed E-state index contributed by atoms with van der Waals surface area (Å²) in [7, 11) is 0. The molecule has 2 aliphatic rings. The fourth-order valence-corrected chi connectivity index (χ4v) is 7.92. The Morgan fingerprint density at radius 1 is 0.614 bits per heavy atom. The minimum atomic E-state index is 0.288. The molecule has 0 saturated carbocycles. The highest BCUT2D eigenvalue weighted by molar-refractivity contribution is 6.19. The Morgan fingerprint density at radius 2 is 1.39 bits per heavy atom. The van der Waals surface area contributed by atoms with Crippen LogP contribution in [0.2, 0.25) is 0 Å². The van der Waals surface area contributed by atoms with Gasteiger partial charge >= 0.3 is 0 Å². The third-order valence-corrected chi connectivity index (χ3v) is 9.90. The fourth-order valence-electron chi connectivity index (χ4n) is 7.92. The second-order valence-electron chi connectivity index (χ2n) is 12.4. The van der Waals surface area contributed by atoms with Gasteiger partial charge in [-0.05, 0) is 78.1 Å². The summed E-state index contributed by atoms with van der Waals surface area (Å²) >= 11 is 0. The van der Waals surface area contributed by atoms with Gasteiger partial charge in [0.2, 0.25) is 0 Å². The van der Waals surface area contributed by atoms with Crippen molar-refractivity contribution in [3.05, 3.63) is 156 Å². The van der Waals surface area contributed by atoms with E-state index in [1.54, 1.807) is 0 Å². The summed E-state index contributed by atoms with van der Waals surface area (Å²) in [6.45, 7) is 0. The molecule has 0 aliphatic heterocycles. The normalized spacial score (nSPS) is 17.9. The van der Waals surface area contributed by atoms with E-state index in [9.17, 15) is 0 Å². The third kappa shape index (κ3) is 3.94. The van der Waals surface area contributed by atoms with Crippen molar-refractivity contribution in [3.63, 3.8) is 0 Å². The number of rotatable bonds is 4. The molecule has 212 valence electrons. The van der Waals surface area contributed by atoms with Crippen LogP contribution in [0.1, 0.15) is 48.0 Å². The highest BCUT2D eigenvalue weighted by Gasteiger charge is 2.29. The largest absolute Gasteiger partial charge is 0.332 e. The van der Waals surface area contributed by atoms with Crippen molar-refractivity contribution < 1.29 is 0 Å². The summed E-state index contributed by atoms with van der Waals surface area (Å²) in [5.74, 6) is 0.513.